The summed E-state index contributed by atoms with van der Waals surface area (Å²) in [6.07, 6.45) is 0.299. The van der Waals surface area contributed by atoms with Gasteiger partial charge in [0.2, 0.25) is 0 Å². The first-order valence-electron chi connectivity index (χ1n) is 6.03. The van der Waals surface area contributed by atoms with Gasteiger partial charge in [0.15, 0.2) is 0 Å². The van der Waals surface area contributed by atoms with Gasteiger partial charge in [0.05, 0.1) is 0 Å². The molecule has 1 aromatic rings. The Morgan fingerprint density at radius 2 is 2.00 bits per heavy atom. The molecule has 0 spiro atoms. The predicted octanol–water partition coefficient (Wildman–Crippen LogP) is 4.61. The smallest absolute Gasteiger partial charge is 0.207 e. The van der Waals surface area contributed by atoms with Gasteiger partial charge >= 0.3 is 0 Å². The lowest BCUT2D eigenvalue weighted by Crippen LogP contribution is -2.25. The molecule has 1 aliphatic carbocycles. The Labute approximate surface area is 99.8 Å². The Balaban J connectivity index is 2.21. The second-order valence-electron chi connectivity index (χ2n) is 5.30. The molecule has 1 aromatic carbocycles. The quantitative estimate of drug-likeness (QED) is 0.710. The van der Waals surface area contributed by atoms with Gasteiger partial charge in [-0.05, 0) is 36.0 Å². The van der Waals surface area contributed by atoms with Crippen molar-refractivity contribution in [2.45, 2.75) is 38.5 Å². The van der Waals surface area contributed by atoms with Gasteiger partial charge < -0.3 is 0 Å². The fourth-order valence-corrected chi connectivity index (χ4v) is 2.82. The van der Waals surface area contributed by atoms with E-state index in [0.717, 1.165) is 0 Å². The van der Waals surface area contributed by atoms with Crippen LogP contribution in [-0.2, 0) is 0 Å². The number of hydrogen-bond acceptors (Lipinski definition) is 0. The zero-order chi connectivity index (χ0) is 12.6. The van der Waals surface area contributed by atoms with E-state index >= 15 is 0 Å². The molecule has 0 bridgehead atoms. The van der Waals surface area contributed by atoms with Crippen molar-refractivity contribution in [2.24, 2.45) is 11.8 Å². The fourth-order valence-electron chi connectivity index (χ4n) is 2.82. The van der Waals surface area contributed by atoms with E-state index < -0.39 is 11.8 Å². The molecule has 1 fully saturated rings. The number of hydrogen-bond donors (Lipinski definition) is 0. The third-order valence-corrected chi connectivity index (χ3v) is 3.72. The van der Waals surface area contributed by atoms with Crippen LogP contribution in [0.25, 0.3) is 0 Å². The maximum Gasteiger partial charge on any atom is 0.251 e. The molecule has 17 heavy (non-hydrogen) atoms. The molecule has 0 radical (unpaired) electrons. The monoisotopic (exact) mass is 242 g/mol. The third kappa shape index (κ3) is 2.48. The van der Waals surface area contributed by atoms with Crippen LogP contribution in [0.5, 0.6) is 0 Å². The molecule has 2 atom stereocenters. The summed E-state index contributed by atoms with van der Waals surface area (Å²) in [6.45, 7) is 3.65. The lowest BCUT2D eigenvalue weighted by molar-refractivity contribution is -0.0530. The second kappa shape index (κ2) is 4.35. The van der Waals surface area contributed by atoms with Crippen molar-refractivity contribution < 1.29 is 13.2 Å². The zero-order valence-corrected chi connectivity index (χ0v) is 10.1. The van der Waals surface area contributed by atoms with Gasteiger partial charge in [0.1, 0.15) is 5.82 Å². The normalized spacial score (nSPS) is 27.6. The molecular formula is C14H17F3. The van der Waals surface area contributed by atoms with Crippen LogP contribution in [0.15, 0.2) is 24.3 Å². The minimum absolute atomic E-state index is 0.0384. The van der Waals surface area contributed by atoms with Crippen molar-refractivity contribution in [2.75, 3.05) is 0 Å². The Bertz CT molecular complexity index is 398. The third-order valence-electron chi connectivity index (χ3n) is 3.72. The molecule has 3 heteroatoms. The molecule has 0 amide bonds. The van der Waals surface area contributed by atoms with Gasteiger partial charge in [-0.2, -0.15) is 0 Å². The SMILES string of the molecule is CC(C)[C@@H]1C[C@H](c2cccc(F)c2)CC1(F)F. The summed E-state index contributed by atoms with van der Waals surface area (Å²) in [6, 6.07) is 6.05. The number of rotatable bonds is 2. The van der Waals surface area contributed by atoms with Crippen molar-refractivity contribution in [3.63, 3.8) is 0 Å². The van der Waals surface area contributed by atoms with E-state index in [4.69, 9.17) is 0 Å². The second-order valence-corrected chi connectivity index (χ2v) is 5.30. The minimum atomic E-state index is -2.62. The largest absolute Gasteiger partial charge is 0.251 e. The van der Waals surface area contributed by atoms with Crippen LogP contribution < -0.4 is 0 Å². The molecule has 0 unspecified atom stereocenters. The molecule has 0 N–H and O–H groups in total. The summed E-state index contributed by atoms with van der Waals surface area (Å²) in [7, 11) is 0. The Morgan fingerprint density at radius 3 is 2.53 bits per heavy atom. The van der Waals surface area contributed by atoms with E-state index in [9.17, 15) is 13.2 Å². The van der Waals surface area contributed by atoms with Crippen LogP contribution in [0, 0.1) is 17.7 Å². The van der Waals surface area contributed by atoms with Gasteiger partial charge in [-0.25, -0.2) is 13.2 Å². The van der Waals surface area contributed by atoms with Crippen LogP contribution in [0.1, 0.15) is 38.2 Å². The minimum Gasteiger partial charge on any atom is -0.207 e. The van der Waals surface area contributed by atoms with Crippen LogP contribution >= 0.6 is 0 Å². The van der Waals surface area contributed by atoms with Gasteiger partial charge in [0, 0.05) is 12.3 Å². The van der Waals surface area contributed by atoms with Crippen molar-refractivity contribution in [1.29, 1.82) is 0 Å². The zero-order valence-electron chi connectivity index (χ0n) is 10.1. The first-order valence-corrected chi connectivity index (χ1v) is 6.03. The summed E-state index contributed by atoms with van der Waals surface area (Å²) in [4.78, 5) is 0. The molecule has 0 saturated heterocycles. The van der Waals surface area contributed by atoms with E-state index in [1.807, 2.05) is 13.8 Å². The van der Waals surface area contributed by atoms with E-state index in [-0.39, 0.29) is 24.1 Å². The van der Waals surface area contributed by atoms with Crippen LogP contribution in [0.3, 0.4) is 0 Å². The predicted molar refractivity (Wildman–Crippen MR) is 61.7 cm³/mol. The first-order chi connectivity index (χ1) is 7.90. The van der Waals surface area contributed by atoms with Gasteiger partial charge in [-0.1, -0.05) is 26.0 Å². The number of alkyl halides is 2. The molecule has 0 heterocycles. The molecular weight excluding hydrogens is 225 g/mol. The molecule has 1 saturated carbocycles. The molecule has 1 aliphatic rings. The van der Waals surface area contributed by atoms with Gasteiger partial charge in [-0.3, -0.25) is 0 Å². The molecule has 0 nitrogen and oxygen atoms in total. The van der Waals surface area contributed by atoms with Crippen molar-refractivity contribution in [3.8, 4) is 0 Å². The Hall–Kier alpha value is -0.990. The van der Waals surface area contributed by atoms with Gasteiger partial charge in [0.25, 0.3) is 5.92 Å². The summed E-state index contributed by atoms with van der Waals surface area (Å²) in [5.41, 5.74) is 0.702. The van der Waals surface area contributed by atoms with E-state index in [0.29, 0.717) is 12.0 Å². The maximum atomic E-state index is 13.8. The molecule has 2 rings (SSSR count). The van der Waals surface area contributed by atoms with Crippen molar-refractivity contribution in [1.82, 2.24) is 0 Å². The highest BCUT2D eigenvalue weighted by Crippen LogP contribution is 2.51. The van der Waals surface area contributed by atoms with E-state index in [1.165, 1.54) is 12.1 Å². The summed E-state index contributed by atoms with van der Waals surface area (Å²) >= 11 is 0. The van der Waals surface area contributed by atoms with E-state index in [1.54, 1.807) is 12.1 Å². The summed E-state index contributed by atoms with van der Waals surface area (Å²) < 4.78 is 40.7. The number of benzene rings is 1. The van der Waals surface area contributed by atoms with Gasteiger partial charge in [-0.15, -0.1) is 0 Å². The van der Waals surface area contributed by atoms with Crippen molar-refractivity contribution >= 4 is 0 Å². The molecule has 94 valence electrons. The lowest BCUT2D eigenvalue weighted by Gasteiger charge is -2.21. The van der Waals surface area contributed by atoms with Crippen molar-refractivity contribution in [3.05, 3.63) is 35.6 Å². The lowest BCUT2D eigenvalue weighted by atomic mass is 9.90. The molecule has 0 aromatic heterocycles. The highest BCUT2D eigenvalue weighted by Gasteiger charge is 2.50. The first kappa shape index (κ1) is 12.5. The average Bonchev–Trinajstić information content (AvgIpc) is 2.54. The highest BCUT2D eigenvalue weighted by atomic mass is 19.3. The van der Waals surface area contributed by atoms with Crippen LogP contribution in [-0.4, -0.2) is 5.92 Å². The maximum absolute atomic E-state index is 13.8. The Morgan fingerprint density at radius 1 is 1.29 bits per heavy atom. The van der Waals surface area contributed by atoms with Crippen LogP contribution in [0.4, 0.5) is 13.2 Å². The summed E-state index contributed by atoms with van der Waals surface area (Å²) in [5, 5.41) is 0. The summed E-state index contributed by atoms with van der Waals surface area (Å²) in [5.74, 6) is -3.81. The average molecular weight is 242 g/mol. The Kier molecular flexibility index (Phi) is 3.19. The van der Waals surface area contributed by atoms with E-state index in [2.05, 4.69) is 0 Å². The standard InChI is InChI=1S/C14H17F3/c1-9(2)13-7-11(8-14(13,16)17)10-4-3-5-12(15)6-10/h3-6,9,11,13H,7-8H2,1-2H3/t11-,13-/m0/s1. The fraction of sp³-hybridized carbons (Fsp3) is 0.571. The topological polar surface area (TPSA) is 0 Å². The number of halogens is 3. The molecule has 0 aliphatic heterocycles. The highest BCUT2D eigenvalue weighted by molar-refractivity contribution is 5.23. The van der Waals surface area contributed by atoms with Crippen LogP contribution in [0.2, 0.25) is 0 Å².